The first kappa shape index (κ1) is 11.1. The van der Waals surface area contributed by atoms with Crippen LogP contribution in [0.25, 0.3) is 0 Å². The van der Waals surface area contributed by atoms with Gasteiger partial charge in [0.25, 0.3) is 0 Å². The van der Waals surface area contributed by atoms with Crippen molar-refractivity contribution in [3.05, 3.63) is 42.0 Å². The summed E-state index contributed by atoms with van der Waals surface area (Å²) in [5.74, 6) is 0.0205. The number of aromatic nitrogens is 2. The van der Waals surface area contributed by atoms with Crippen LogP contribution in [0.4, 0.5) is 5.82 Å². The summed E-state index contributed by atoms with van der Waals surface area (Å²) in [6.45, 7) is 0.436. The maximum absolute atomic E-state index is 11.0. The number of hydrogen-bond donors (Lipinski definition) is 1. The molecule has 0 unspecified atom stereocenters. The van der Waals surface area contributed by atoms with Gasteiger partial charge >= 0.3 is 5.97 Å². The predicted molar refractivity (Wildman–Crippen MR) is 59.8 cm³/mol. The van der Waals surface area contributed by atoms with Gasteiger partial charge in [0.1, 0.15) is 11.3 Å². The maximum atomic E-state index is 11.0. The molecule has 2 rings (SSSR count). The van der Waals surface area contributed by atoms with Gasteiger partial charge in [-0.2, -0.15) is 5.10 Å². The Morgan fingerprint density at radius 1 is 1.53 bits per heavy atom. The Hall–Kier alpha value is -2.37. The van der Waals surface area contributed by atoms with Gasteiger partial charge in [-0.25, -0.2) is 4.79 Å². The third kappa shape index (κ3) is 2.41. The zero-order valence-corrected chi connectivity index (χ0v) is 9.20. The lowest BCUT2D eigenvalue weighted by molar-refractivity contribution is 0.0697. The average molecular weight is 233 g/mol. The Bertz CT molecular complexity index is 510. The number of carbonyl (C=O) groups is 1. The first-order valence-corrected chi connectivity index (χ1v) is 4.97. The summed E-state index contributed by atoms with van der Waals surface area (Å²) in [6.07, 6.45) is 2.92. The lowest BCUT2D eigenvalue weighted by Crippen LogP contribution is -2.21. The molecular formula is C11H11N3O3. The van der Waals surface area contributed by atoms with Crippen LogP contribution in [0.5, 0.6) is 0 Å². The summed E-state index contributed by atoms with van der Waals surface area (Å²) in [6, 6.07) is 5.01. The van der Waals surface area contributed by atoms with E-state index in [9.17, 15) is 4.79 Å². The highest BCUT2D eigenvalue weighted by Crippen LogP contribution is 2.17. The summed E-state index contributed by atoms with van der Waals surface area (Å²) >= 11 is 0. The Morgan fingerprint density at radius 3 is 3.00 bits per heavy atom. The molecule has 0 bridgehead atoms. The number of nitrogens with zero attached hydrogens (tertiary/aromatic N) is 3. The molecule has 0 saturated heterocycles. The highest BCUT2D eigenvalue weighted by molar-refractivity contribution is 5.92. The number of aromatic carboxylic acids is 1. The highest BCUT2D eigenvalue weighted by atomic mass is 16.4. The van der Waals surface area contributed by atoms with Crippen molar-refractivity contribution in [2.45, 2.75) is 6.54 Å². The van der Waals surface area contributed by atoms with Crippen molar-refractivity contribution in [3.63, 3.8) is 0 Å². The molecule has 2 aromatic heterocycles. The third-order valence-electron chi connectivity index (χ3n) is 2.27. The smallest absolute Gasteiger partial charge is 0.339 e. The van der Waals surface area contributed by atoms with E-state index >= 15 is 0 Å². The first-order chi connectivity index (χ1) is 8.18. The normalized spacial score (nSPS) is 10.2. The molecule has 2 aromatic rings. The van der Waals surface area contributed by atoms with Crippen LogP contribution in [0.15, 0.2) is 35.1 Å². The predicted octanol–water partition coefficient (Wildman–Crippen LogP) is 1.40. The van der Waals surface area contributed by atoms with Crippen LogP contribution in [0.1, 0.15) is 16.1 Å². The minimum atomic E-state index is -1.03. The molecule has 0 amide bonds. The number of anilines is 1. The Labute approximate surface area is 97.5 Å². The van der Waals surface area contributed by atoms with Gasteiger partial charge in [0, 0.05) is 7.05 Å². The fourth-order valence-corrected chi connectivity index (χ4v) is 1.48. The van der Waals surface area contributed by atoms with Crippen LogP contribution in [0.3, 0.4) is 0 Å². The fraction of sp³-hybridized carbons (Fsp3) is 0.182. The van der Waals surface area contributed by atoms with Crippen LogP contribution < -0.4 is 4.90 Å². The molecule has 0 fully saturated rings. The maximum Gasteiger partial charge on any atom is 0.339 e. The van der Waals surface area contributed by atoms with E-state index in [2.05, 4.69) is 10.2 Å². The molecule has 0 atom stereocenters. The van der Waals surface area contributed by atoms with E-state index < -0.39 is 5.97 Å². The molecule has 0 radical (unpaired) electrons. The number of carboxylic acids is 1. The van der Waals surface area contributed by atoms with E-state index in [1.165, 1.54) is 12.3 Å². The molecule has 17 heavy (non-hydrogen) atoms. The molecule has 0 aromatic carbocycles. The van der Waals surface area contributed by atoms with Crippen molar-refractivity contribution >= 4 is 11.8 Å². The van der Waals surface area contributed by atoms with Crippen LogP contribution in [-0.4, -0.2) is 28.3 Å². The van der Waals surface area contributed by atoms with Gasteiger partial charge in [-0.1, -0.05) is 0 Å². The summed E-state index contributed by atoms with van der Waals surface area (Å²) in [4.78, 5) is 12.7. The molecule has 6 heteroatoms. The number of furan rings is 1. The van der Waals surface area contributed by atoms with Crippen molar-refractivity contribution < 1.29 is 14.3 Å². The third-order valence-corrected chi connectivity index (χ3v) is 2.27. The van der Waals surface area contributed by atoms with Crippen molar-refractivity contribution in [1.29, 1.82) is 0 Å². The lowest BCUT2D eigenvalue weighted by atomic mass is 10.2. The van der Waals surface area contributed by atoms with Gasteiger partial charge < -0.3 is 14.4 Å². The lowest BCUT2D eigenvalue weighted by Gasteiger charge is -2.17. The summed E-state index contributed by atoms with van der Waals surface area (Å²) in [5, 5.41) is 16.5. The largest absolute Gasteiger partial charge is 0.478 e. The molecule has 0 aliphatic rings. The van der Waals surface area contributed by atoms with Crippen LogP contribution in [-0.2, 0) is 6.54 Å². The minimum absolute atomic E-state index is 0.119. The molecule has 0 aliphatic carbocycles. The highest BCUT2D eigenvalue weighted by Gasteiger charge is 2.15. The van der Waals surface area contributed by atoms with Crippen molar-refractivity contribution in [2.24, 2.45) is 0 Å². The molecule has 0 spiro atoms. The Balaban J connectivity index is 2.24. The van der Waals surface area contributed by atoms with E-state index in [4.69, 9.17) is 9.52 Å². The minimum Gasteiger partial charge on any atom is -0.478 e. The van der Waals surface area contributed by atoms with Crippen LogP contribution in [0, 0.1) is 0 Å². The number of carboxylic acid groups (broad SMARTS) is 1. The zero-order chi connectivity index (χ0) is 12.3. The molecule has 88 valence electrons. The molecule has 2 heterocycles. The van der Waals surface area contributed by atoms with Gasteiger partial charge in [0.05, 0.1) is 19.0 Å². The second-order valence-corrected chi connectivity index (χ2v) is 3.51. The van der Waals surface area contributed by atoms with Crippen molar-refractivity contribution in [2.75, 3.05) is 11.9 Å². The van der Waals surface area contributed by atoms with Gasteiger partial charge in [-0.3, -0.25) is 0 Å². The second-order valence-electron chi connectivity index (χ2n) is 3.51. The van der Waals surface area contributed by atoms with E-state index in [0.29, 0.717) is 12.4 Å². The average Bonchev–Trinajstić information content (AvgIpc) is 2.81. The SMILES string of the molecule is CN(Cc1ccco1)c1nnccc1C(=O)O. The topological polar surface area (TPSA) is 79.5 Å². The van der Waals surface area contributed by atoms with Gasteiger partial charge in [-0.05, 0) is 18.2 Å². The van der Waals surface area contributed by atoms with Gasteiger partial charge in [-0.15, -0.1) is 5.10 Å². The van der Waals surface area contributed by atoms with Gasteiger partial charge in [0.2, 0.25) is 0 Å². The monoisotopic (exact) mass is 233 g/mol. The summed E-state index contributed by atoms with van der Waals surface area (Å²) in [7, 11) is 1.74. The second kappa shape index (κ2) is 4.65. The standard InChI is InChI=1S/C11H11N3O3/c1-14(7-8-3-2-6-17-8)10-9(11(15)16)4-5-12-13-10/h2-6H,7H2,1H3,(H,15,16). The molecule has 6 nitrogen and oxygen atoms in total. The van der Waals surface area contributed by atoms with E-state index in [1.807, 2.05) is 6.07 Å². The van der Waals surface area contributed by atoms with Crippen LogP contribution in [0.2, 0.25) is 0 Å². The zero-order valence-electron chi connectivity index (χ0n) is 9.20. The summed E-state index contributed by atoms with van der Waals surface area (Å²) in [5.41, 5.74) is 0.119. The van der Waals surface area contributed by atoms with E-state index in [-0.39, 0.29) is 5.56 Å². The van der Waals surface area contributed by atoms with Crippen molar-refractivity contribution in [1.82, 2.24) is 10.2 Å². The number of rotatable bonds is 4. The van der Waals surface area contributed by atoms with Crippen LogP contribution >= 0.6 is 0 Å². The fourth-order valence-electron chi connectivity index (χ4n) is 1.48. The number of hydrogen-bond acceptors (Lipinski definition) is 5. The summed E-state index contributed by atoms with van der Waals surface area (Å²) < 4.78 is 5.19. The molecule has 1 N–H and O–H groups in total. The van der Waals surface area contributed by atoms with Gasteiger partial charge in [0.15, 0.2) is 5.82 Å². The van der Waals surface area contributed by atoms with E-state index in [1.54, 1.807) is 24.3 Å². The first-order valence-electron chi connectivity index (χ1n) is 4.97. The molecular weight excluding hydrogens is 222 g/mol. The van der Waals surface area contributed by atoms with E-state index in [0.717, 1.165) is 5.76 Å². The Kier molecular flexibility index (Phi) is 3.04. The quantitative estimate of drug-likeness (QED) is 0.859. The van der Waals surface area contributed by atoms with Crippen molar-refractivity contribution in [3.8, 4) is 0 Å². The Morgan fingerprint density at radius 2 is 2.35 bits per heavy atom. The molecule has 0 aliphatic heterocycles. The molecule has 0 saturated carbocycles.